The summed E-state index contributed by atoms with van der Waals surface area (Å²) in [6, 6.07) is 12.6. The van der Waals surface area contributed by atoms with Gasteiger partial charge in [0.15, 0.2) is 0 Å². The summed E-state index contributed by atoms with van der Waals surface area (Å²) in [5, 5.41) is 15.3. The lowest BCUT2D eigenvalue weighted by molar-refractivity contribution is -0.274. The molecule has 0 unspecified atom stereocenters. The number of carbonyl (C=O) groups excluding carboxylic acids is 1. The molecular formula is C23H24F3N5O3. The van der Waals surface area contributed by atoms with Crippen molar-refractivity contribution in [3.63, 3.8) is 0 Å². The molecule has 180 valence electrons. The van der Waals surface area contributed by atoms with E-state index in [-0.39, 0.29) is 30.0 Å². The van der Waals surface area contributed by atoms with Crippen LogP contribution in [0.25, 0.3) is 11.3 Å². The summed E-state index contributed by atoms with van der Waals surface area (Å²) in [6.45, 7) is 3.58. The van der Waals surface area contributed by atoms with Gasteiger partial charge in [0.1, 0.15) is 11.6 Å². The van der Waals surface area contributed by atoms with Crippen LogP contribution in [0.4, 0.5) is 30.6 Å². The number of amides is 1. The normalized spacial score (nSPS) is 12.3. The summed E-state index contributed by atoms with van der Waals surface area (Å²) >= 11 is 0. The van der Waals surface area contributed by atoms with Gasteiger partial charge in [-0.1, -0.05) is 26.0 Å². The third-order valence-electron chi connectivity index (χ3n) is 4.82. The van der Waals surface area contributed by atoms with E-state index in [9.17, 15) is 23.1 Å². The van der Waals surface area contributed by atoms with E-state index in [0.29, 0.717) is 16.8 Å². The minimum Gasteiger partial charge on any atom is -0.406 e. The first kappa shape index (κ1) is 24.8. The van der Waals surface area contributed by atoms with E-state index in [1.807, 2.05) is 13.8 Å². The van der Waals surface area contributed by atoms with Gasteiger partial charge in [0.2, 0.25) is 5.95 Å². The highest BCUT2D eigenvalue weighted by atomic mass is 19.4. The predicted octanol–water partition coefficient (Wildman–Crippen LogP) is 4.31. The fourth-order valence-corrected chi connectivity index (χ4v) is 2.99. The van der Waals surface area contributed by atoms with Gasteiger partial charge < -0.3 is 26.2 Å². The number of benzene rings is 2. The van der Waals surface area contributed by atoms with Crippen LogP contribution in [-0.4, -0.2) is 40.0 Å². The quantitative estimate of drug-likeness (QED) is 0.358. The molecule has 0 aliphatic carbocycles. The van der Waals surface area contributed by atoms with Crippen molar-refractivity contribution < 1.29 is 27.8 Å². The van der Waals surface area contributed by atoms with Crippen molar-refractivity contribution in [2.45, 2.75) is 26.3 Å². The number of hydrogen-bond donors (Lipinski definition) is 4. The molecule has 1 amide bonds. The van der Waals surface area contributed by atoms with Crippen LogP contribution in [0, 0.1) is 5.92 Å². The maximum atomic E-state index is 12.7. The first-order valence-corrected chi connectivity index (χ1v) is 10.3. The number of alkyl halides is 3. The van der Waals surface area contributed by atoms with E-state index in [2.05, 4.69) is 25.3 Å². The molecule has 0 radical (unpaired) electrons. The SMILES string of the molecule is CC(C)[C@@H](CO)Nc1nc(NC(=O)c2ccc(N)cc2)cc(-c2cccc(OC(F)(F)F)c2)n1. The average Bonchev–Trinajstić information content (AvgIpc) is 2.76. The molecule has 1 atom stereocenters. The molecule has 0 bridgehead atoms. The molecule has 1 heterocycles. The van der Waals surface area contributed by atoms with Crippen molar-refractivity contribution >= 4 is 23.4 Å². The Bertz CT molecular complexity index is 1140. The van der Waals surface area contributed by atoms with E-state index in [1.165, 1.54) is 24.3 Å². The molecule has 3 rings (SSSR count). The van der Waals surface area contributed by atoms with E-state index in [1.54, 1.807) is 30.3 Å². The van der Waals surface area contributed by atoms with E-state index < -0.39 is 24.1 Å². The molecule has 2 aromatic carbocycles. The Morgan fingerprint density at radius 3 is 2.44 bits per heavy atom. The van der Waals surface area contributed by atoms with Gasteiger partial charge >= 0.3 is 6.36 Å². The highest BCUT2D eigenvalue weighted by Gasteiger charge is 2.31. The van der Waals surface area contributed by atoms with E-state index in [4.69, 9.17) is 5.73 Å². The Balaban J connectivity index is 1.98. The van der Waals surface area contributed by atoms with Crippen molar-refractivity contribution in [2.24, 2.45) is 5.92 Å². The van der Waals surface area contributed by atoms with Crippen LogP contribution in [0.1, 0.15) is 24.2 Å². The van der Waals surface area contributed by atoms with Gasteiger partial charge in [-0.2, -0.15) is 4.98 Å². The molecule has 0 saturated carbocycles. The summed E-state index contributed by atoms with van der Waals surface area (Å²) in [7, 11) is 0. The Hall–Kier alpha value is -3.86. The second kappa shape index (κ2) is 10.4. The molecule has 0 saturated heterocycles. The van der Waals surface area contributed by atoms with Crippen molar-refractivity contribution in [3.05, 3.63) is 60.2 Å². The Morgan fingerprint density at radius 2 is 1.82 bits per heavy atom. The molecule has 34 heavy (non-hydrogen) atoms. The molecule has 0 aliphatic rings. The fourth-order valence-electron chi connectivity index (χ4n) is 2.99. The fraction of sp³-hybridized carbons (Fsp3) is 0.261. The van der Waals surface area contributed by atoms with Gasteiger partial charge in [-0.3, -0.25) is 4.79 Å². The number of rotatable bonds is 8. The third kappa shape index (κ3) is 6.82. The number of nitrogens with one attached hydrogen (secondary N) is 2. The first-order chi connectivity index (χ1) is 16.0. The highest BCUT2D eigenvalue weighted by molar-refractivity contribution is 6.04. The summed E-state index contributed by atoms with van der Waals surface area (Å²) in [5.41, 5.74) is 7.03. The summed E-state index contributed by atoms with van der Waals surface area (Å²) in [4.78, 5) is 21.3. The highest BCUT2D eigenvalue weighted by Crippen LogP contribution is 2.29. The van der Waals surface area contributed by atoms with E-state index in [0.717, 1.165) is 0 Å². The molecule has 0 aliphatic heterocycles. The largest absolute Gasteiger partial charge is 0.573 e. The molecule has 0 fully saturated rings. The minimum absolute atomic E-state index is 0.0218. The molecular weight excluding hydrogens is 451 g/mol. The van der Waals surface area contributed by atoms with E-state index >= 15 is 0 Å². The zero-order chi connectivity index (χ0) is 24.9. The van der Waals surface area contributed by atoms with Gasteiger partial charge in [-0.25, -0.2) is 4.98 Å². The number of carbonyl (C=O) groups is 1. The molecule has 5 N–H and O–H groups in total. The monoisotopic (exact) mass is 475 g/mol. The number of anilines is 3. The summed E-state index contributed by atoms with van der Waals surface area (Å²) in [5.74, 6) is -0.668. The molecule has 11 heteroatoms. The van der Waals surface area contributed by atoms with Gasteiger partial charge in [0, 0.05) is 22.9 Å². The molecule has 1 aromatic heterocycles. The number of ether oxygens (including phenoxy) is 1. The van der Waals surface area contributed by atoms with Gasteiger partial charge in [0.25, 0.3) is 5.91 Å². The number of aromatic nitrogens is 2. The summed E-state index contributed by atoms with van der Waals surface area (Å²) < 4.78 is 42.0. The number of aliphatic hydroxyl groups excluding tert-OH is 1. The Labute approximate surface area is 194 Å². The maximum Gasteiger partial charge on any atom is 0.573 e. The van der Waals surface area contributed by atoms with Crippen molar-refractivity contribution in [1.29, 1.82) is 0 Å². The molecule has 8 nitrogen and oxygen atoms in total. The predicted molar refractivity (Wildman–Crippen MR) is 122 cm³/mol. The average molecular weight is 475 g/mol. The lowest BCUT2D eigenvalue weighted by Crippen LogP contribution is -2.30. The zero-order valence-electron chi connectivity index (χ0n) is 18.4. The Morgan fingerprint density at radius 1 is 1.12 bits per heavy atom. The number of nitrogens with two attached hydrogens (primary N) is 1. The number of nitrogen functional groups attached to an aromatic ring is 1. The van der Waals surface area contributed by atoms with Crippen LogP contribution >= 0.6 is 0 Å². The van der Waals surface area contributed by atoms with Crippen molar-refractivity contribution in [1.82, 2.24) is 9.97 Å². The van der Waals surface area contributed by atoms with Crippen LogP contribution in [0.2, 0.25) is 0 Å². The maximum absolute atomic E-state index is 12.7. The zero-order valence-corrected chi connectivity index (χ0v) is 18.4. The first-order valence-electron chi connectivity index (χ1n) is 10.3. The van der Waals surface area contributed by atoms with Crippen molar-refractivity contribution in [3.8, 4) is 17.0 Å². The smallest absolute Gasteiger partial charge is 0.406 e. The second-order valence-electron chi connectivity index (χ2n) is 7.79. The Kier molecular flexibility index (Phi) is 7.57. The van der Waals surface area contributed by atoms with Gasteiger partial charge in [-0.05, 0) is 42.3 Å². The lowest BCUT2D eigenvalue weighted by Gasteiger charge is -2.20. The van der Waals surface area contributed by atoms with Gasteiger partial charge in [0.05, 0.1) is 18.3 Å². The van der Waals surface area contributed by atoms with Crippen LogP contribution in [0.15, 0.2) is 54.6 Å². The van der Waals surface area contributed by atoms with Crippen LogP contribution in [-0.2, 0) is 0 Å². The van der Waals surface area contributed by atoms with Crippen LogP contribution < -0.4 is 21.1 Å². The third-order valence-corrected chi connectivity index (χ3v) is 4.82. The summed E-state index contributed by atoms with van der Waals surface area (Å²) in [6.07, 6.45) is -4.85. The number of halogens is 3. The number of nitrogens with zero attached hydrogens (tertiary/aromatic N) is 2. The number of aliphatic hydroxyl groups is 1. The lowest BCUT2D eigenvalue weighted by atomic mass is 10.1. The minimum atomic E-state index is -4.85. The second-order valence-corrected chi connectivity index (χ2v) is 7.79. The molecule has 3 aromatic rings. The van der Waals surface area contributed by atoms with Crippen LogP contribution in [0.3, 0.4) is 0 Å². The van der Waals surface area contributed by atoms with Crippen LogP contribution in [0.5, 0.6) is 5.75 Å². The molecule has 0 spiro atoms. The van der Waals surface area contributed by atoms with Crippen molar-refractivity contribution in [2.75, 3.05) is 23.0 Å². The van der Waals surface area contributed by atoms with Gasteiger partial charge in [-0.15, -0.1) is 13.2 Å². The topological polar surface area (TPSA) is 122 Å². The standard InChI is InChI=1S/C23H24F3N5O3/c1-13(2)19(12-32)29-22-28-18(15-4-3-5-17(10-15)34-23(24,25)26)11-20(31-22)30-21(33)14-6-8-16(27)9-7-14/h3-11,13,19,32H,12,27H2,1-2H3,(H2,28,29,30,31,33)/t19-/m1/s1. The number of hydrogen-bond acceptors (Lipinski definition) is 7.